The van der Waals surface area contributed by atoms with Crippen molar-refractivity contribution < 1.29 is 9.53 Å². The van der Waals surface area contributed by atoms with Crippen LogP contribution < -0.4 is 4.90 Å². The van der Waals surface area contributed by atoms with Gasteiger partial charge in [0.05, 0.1) is 13.2 Å². The van der Waals surface area contributed by atoms with Gasteiger partial charge in [-0.25, -0.2) is 0 Å². The van der Waals surface area contributed by atoms with Gasteiger partial charge in [-0.3, -0.25) is 4.79 Å². The van der Waals surface area contributed by atoms with Crippen LogP contribution in [-0.2, 0) is 4.74 Å². The van der Waals surface area contributed by atoms with Crippen molar-refractivity contribution in [3.63, 3.8) is 0 Å². The number of nitrogens with zero attached hydrogens (tertiary/aromatic N) is 1. The van der Waals surface area contributed by atoms with Gasteiger partial charge in [-0.05, 0) is 50.1 Å². The standard InChI is InChI=1S/C21H27NO2/c1-3-5-7-18(6-4-2)8-13-21(23)19-9-11-20(12-10-19)22-14-16-24-17-15-22/h3-7,9-12H,8,13-17H2,1-2H3/b5-3+,6-4-,18-7+. The average molecular weight is 325 g/mol. The molecule has 1 aromatic rings. The molecule has 1 aliphatic rings. The van der Waals surface area contributed by atoms with Crippen molar-refractivity contribution in [2.24, 2.45) is 0 Å². The van der Waals surface area contributed by atoms with Gasteiger partial charge in [0.2, 0.25) is 0 Å². The highest BCUT2D eigenvalue weighted by Crippen LogP contribution is 2.18. The molecule has 0 aromatic heterocycles. The number of Topliss-reactive ketones (excluding diaryl/α,β-unsaturated/α-hetero) is 1. The minimum atomic E-state index is 0.194. The quantitative estimate of drug-likeness (QED) is 0.543. The molecule has 0 atom stereocenters. The van der Waals surface area contributed by atoms with E-state index in [9.17, 15) is 4.79 Å². The van der Waals surface area contributed by atoms with Crippen LogP contribution in [-0.4, -0.2) is 32.1 Å². The fourth-order valence-electron chi connectivity index (χ4n) is 2.74. The lowest BCUT2D eigenvalue weighted by Crippen LogP contribution is -2.36. The molecule has 1 heterocycles. The van der Waals surface area contributed by atoms with Crippen LogP contribution >= 0.6 is 0 Å². The highest BCUT2D eigenvalue weighted by atomic mass is 16.5. The van der Waals surface area contributed by atoms with Gasteiger partial charge in [-0.2, -0.15) is 0 Å². The summed E-state index contributed by atoms with van der Waals surface area (Å²) in [5.74, 6) is 0.194. The van der Waals surface area contributed by atoms with Crippen LogP contribution in [0.4, 0.5) is 5.69 Å². The molecule has 1 aromatic carbocycles. The summed E-state index contributed by atoms with van der Waals surface area (Å²) in [7, 11) is 0. The van der Waals surface area contributed by atoms with E-state index in [-0.39, 0.29) is 5.78 Å². The molecule has 128 valence electrons. The lowest BCUT2D eigenvalue weighted by Gasteiger charge is -2.28. The van der Waals surface area contributed by atoms with Crippen molar-refractivity contribution in [3.05, 3.63) is 65.8 Å². The fourth-order valence-corrected chi connectivity index (χ4v) is 2.74. The minimum absolute atomic E-state index is 0.194. The Labute approximate surface area is 145 Å². The number of carbonyl (C=O) groups excluding carboxylic acids is 1. The summed E-state index contributed by atoms with van der Waals surface area (Å²) in [6.07, 6.45) is 11.4. The van der Waals surface area contributed by atoms with Gasteiger partial charge in [0.15, 0.2) is 5.78 Å². The Morgan fingerprint density at radius 3 is 2.42 bits per heavy atom. The van der Waals surface area contributed by atoms with Gasteiger partial charge < -0.3 is 9.64 Å². The van der Waals surface area contributed by atoms with Crippen molar-refractivity contribution in [3.8, 4) is 0 Å². The van der Waals surface area contributed by atoms with Crippen molar-refractivity contribution in [1.29, 1.82) is 0 Å². The number of benzene rings is 1. The molecule has 0 amide bonds. The summed E-state index contributed by atoms with van der Waals surface area (Å²) in [5.41, 5.74) is 3.13. The summed E-state index contributed by atoms with van der Waals surface area (Å²) in [6, 6.07) is 7.97. The molecule has 0 saturated carbocycles. The van der Waals surface area contributed by atoms with E-state index in [1.807, 2.05) is 56.3 Å². The zero-order chi connectivity index (χ0) is 17.2. The van der Waals surface area contributed by atoms with Gasteiger partial charge in [0.25, 0.3) is 0 Å². The maximum absolute atomic E-state index is 12.4. The molecule has 24 heavy (non-hydrogen) atoms. The predicted molar refractivity (Wildman–Crippen MR) is 101 cm³/mol. The first-order chi connectivity index (χ1) is 11.7. The first-order valence-electron chi connectivity index (χ1n) is 8.65. The lowest BCUT2D eigenvalue weighted by atomic mass is 10.0. The number of allylic oxidation sites excluding steroid dienone is 6. The van der Waals surface area contributed by atoms with Crippen LogP contribution in [0.5, 0.6) is 0 Å². The molecule has 1 aliphatic heterocycles. The molecular weight excluding hydrogens is 298 g/mol. The SMILES string of the molecule is C\C=C/C(=C\C=C\C)CCC(=O)c1ccc(N2CCOCC2)cc1. The van der Waals surface area contributed by atoms with Gasteiger partial charge in [0.1, 0.15) is 0 Å². The number of ether oxygens (including phenoxy) is 1. The molecule has 0 spiro atoms. The van der Waals surface area contributed by atoms with Gasteiger partial charge >= 0.3 is 0 Å². The molecule has 0 unspecified atom stereocenters. The van der Waals surface area contributed by atoms with E-state index in [2.05, 4.69) is 17.1 Å². The van der Waals surface area contributed by atoms with Crippen molar-refractivity contribution >= 4 is 11.5 Å². The molecular formula is C21H27NO2. The van der Waals surface area contributed by atoms with Gasteiger partial charge in [-0.1, -0.05) is 30.4 Å². The topological polar surface area (TPSA) is 29.5 Å². The van der Waals surface area contributed by atoms with Crippen molar-refractivity contribution in [1.82, 2.24) is 0 Å². The normalized spacial score (nSPS) is 16.2. The first-order valence-corrected chi connectivity index (χ1v) is 8.65. The van der Waals surface area contributed by atoms with E-state index in [0.29, 0.717) is 6.42 Å². The molecule has 0 bridgehead atoms. The van der Waals surface area contributed by atoms with Crippen LogP contribution in [0.15, 0.2) is 60.2 Å². The molecule has 1 fully saturated rings. The Balaban J connectivity index is 1.94. The van der Waals surface area contributed by atoms with E-state index >= 15 is 0 Å². The first kappa shape index (κ1) is 18.2. The number of hydrogen-bond donors (Lipinski definition) is 0. The smallest absolute Gasteiger partial charge is 0.163 e. The van der Waals surface area contributed by atoms with E-state index in [1.54, 1.807) is 0 Å². The highest BCUT2D eigenvalue weighted by Gasteiger charge is 2.12. The third kappa shape index (κ3) is 5.50. The van der Waals surface area contributed by atoms with Crippen molar-refractivity contribution in [2.45, 2.75) is 26.7 Å². The molecule has 3 heteroatoms. The number of morpholine rings is 1. The summed E-state index contributed by atoms with van der Waals surface area (Å²) < 4.78 is 5.37. The number of ketones is 1. The zero-order valence-electron chi connectivity index (χ0n) is 14.7. The number of rotatable bonds is 7. The molecule has 1 saturated heterocycles. The highest BCUT2D eigenvalue weighted by molar-refractivity contribution is 5.96. The summed E-state index contributed by atoms with van der Waals surface area (Å²) in [6.45, 7) is 7.35. The molecule has 0 aliphatic carbocycles. The van der Waals surface area contributed by atoms with Crippen LogP contribution in [0.1, 0.15) is 37.0 Å². The summed E-state index contributed by atoms with van der Waals surface area (Å²) in [5, 5.41) is 0. The fraction of sp³-hybridized carbons (Fsp3) is 0.381. The largest absolute Gasteiger partial charge is 0.378 e. The second-order valence-corrected chi connectivity index (χ2v) is 5.84. The summed E-state index contributed by atoms with van der Waals surface area (Å²) in [4.78, 5) is 14.7. The maximum atomic E-state index is 12.4. The zero-order valence-corrected chi connectivity index (χ0v) is 14.7. The van der Waals surface area contributed by atoms with Crippen LogP contribution in [0.25, 0.3) is 0 Å². The summed E-state index contributed by atoms with van der Waals surface area (Å²) >= 11 is 0. The Morgan fingerprint density at radius 1 is 1.08 bits per heavy atom. The number of anilines is 1. The molecule has 0 N–H and O–H groups in total. The molecule has 0 radical (unpaired) electrons. The van der Waals surface area contributed by atoms with E-state index in [0.717, 1.165) is 44.0 Å². The predicted octanol–water partition coefficient (Wildman–Crippen LogP) is 4.56. The molecule has 3 nitrogen and oxygen atoms in total. The monoisotopic (exact) mass is 325 g/mol. The Hall–Kier alpha value is -2.13. The second kappa shape index (κ2) is 9.89. The van der Waals surface area contributed by atoms with Crippen LogP contribution in [0.2, 0.25) is 0 Å². The van der Waals surface area contributed by atoms with E-state index in [4.69, 9.17) is 4.74 Å². The van der Waals surface area contributed by atoms with E-state index < -0.39 is 0 Å². The van der Waals surface area contributed by atoms with Crippen LogP contribution in [0, 0.1) is 0 Å². The number of carbonyl (C=O) groups is 1. The number of hydrogen-bond acceptors (Lipinski definition) is 3. The maximum Gasteiger partial charge on any atom is 0.163 e. The Bertz CT molecular complexity index is 605. The lowest BCUT2D eigenvalue weighted by molar-refractivity contribution is 0.0983. The minimum Gasteiger partial charge on any atom is -0.378 e. The Morgan fingerprint density at radius 2 is 1.79 bits per heavy atom. The second-order valence-electron chi connectivity index (χ2n) is 5.84. The average Bonchev–Trinajstić information content (AvgIpc) is 2.64. The molecule has 2 rings (SSSR count). The van der Waals surface area contributed by atoms with Gasteiger partial charge in [0, 0.05) is 30.8 Å². The third-order valence-electron chi connectivity index (χ3n) is 4.09. The third-order valence-corrected chi connectivity index (χ3v) is 4.09. The Kier molecular flexibility index (Phi) is 7.50. The van der Waals surface area contributed by atoms with Crippen LogP contribution in [0.3, 0.4) is 0 Å². The van der Waals surface area contributed by atoms with Crippen molar-refractivity contribution in [2.75, 3.05) is 31.2 Å². The van der Waals surface area contributed by atoms with E-state index in [1.165, 1.54) is 5.57 Å². The van der Waals surface area contributed by atoms with Gasteiger partial charge in [-0.15, -0.1) is 0 Å².